The molecule has 354 valence electrons. The van der Waals surface area contributed by atoms with Crippen molar-refractivity contribution in [3.05, 3.63) is 132 Å². The number of piperazine rings is 1. The van der Waals surface area contributed by atoms with E-state index < -0.39 is 33.8 Å². The molecule has 12 nitrogen and oxygen atoms in total. The number of alkyl halides is 3. The number of halogens is 4. The van der Waals surface area contributed by atoms with Gasteiger partial charge in [0.15, 0.2) is 0 Å². The molecular weight excluding hydrogens is 942 g/mol. The maximum Gasteiger partial charge on any atom is 0.501 e. The van der Waals surface area contributed by atoms with Crippen LogP contribution >= 0.6 is 30.9 Å². The zero-order valence-corrected chi connectivity index (χ0v) is 40.2. The number of anilines is 3. The van der Waals surface area contributed by atoms with Gasteiger partial charge in [-0.1, -0.05) is 66.2 Å². The first-order chi connectivity index (χ1) is 32.3. The third-order valence-corrected chi connectivity index (χ3v) is 16.9. The molecule has 2 unspecified atom stereocenters. The predicted molar refractivity (Wildman–Crippen MR) is 263 cm³/mol. The van der Waals surface area contributed by atoms with Gasteiger partial charge >= 0.3 is 13.0 Å². The Hall–Kier alpha value is -4.71. The molecule has 67 heavy (non-hydrogen) atoms. The van der Waals surface area contributed by atoms with Crippen molar-refractivity contribution in [3.63, 3.8) is 0 Å². The summed E-state index contributed by atoms with van der Waals surface area (Å²) in [6.45, 7) is 8.63. The minimum absolute atomic E-state index is 0.112. The largest absolute Gasteiger partial charge is 0.501 e. The zero-order chi connectivity index (χ0) is 47.0. The summed E-state index contributed by atoms with van der Waals surface area (Å²) in [6, 6.07) is 34.4. The van der Waals surface area contributed by atoms with Crippen LogP contribution in [-0.4, -0.2) is 111 Å². The van der Waals surface area contributed by atoms with Crippen molar-refractivity contribution >= 4 is 74.1 Å². The minimum Gasteiger partial charge on any atom is -0.380 e. The van der Waals surface area contributed by atoms with Gasteiger partial charge in [0.25, 0.3) is 9.84 Å². The highest BCUT2D eigenvalue weighted by Crippen LogP contribution is 2.48. The van der Waals surface area contributed by atoms with E-state index in [9.17, 15) is 26.2 Å². The summed E-state index contributed by atoms with van der Waals surface area (Å²) in [5, 5.41) is 6.92. The van der Waals surface area contributed by atoms with E-state index in [1.165, 1.54) is 41.3 Å². The molecule has 5 aromatic carbocycles. The molecule has 2 N–H and O–H groups in total. The SMILES string of the molecule is CCOP(=O)(Nc1ncnc2cc(N3CCN(Cc4ccccc4-c4ccc(Cl)cc4)CC3)ccc12)c1ccc(NC(CCN2CCOCC2)CSc2ccccc2)c(S(=O)(=O)C(F)(F)F)c1. The molecule has 0 saturated carbocycles. The van der Waals surface area contributed by atoms with Gasteiger partial charge in [-0.05, 0) is 90.7 Å². The van der Waals surface area contributed by atoms with Crippen molar-refractivity contribution < 1.29 is 35.4 Å². The van der Waals surface area contributed by atoms with Crippen molar-refractivity contribution in [3.8, 4) is 11.1 Å². The highest BCUT2D eigenvalue weighted by atomic mass is 35.5. The second-order valence-corrected chi connectivity index (χ2v) is 21.8. The Bertz CT molecular complexity index is 2780. The first-order valence-corrected chi connectivity index (χ1v) is 26.6. The summed E-state index contributed by atoms with van der Waals surface area (Å²) in [5.41, 5.74) is -0.925. The number of sulfone groups is 1. The summed E-state index contributed by atoms with van der Waals surface area (Å²) < 4.78 is 96.3. The van der Waals surface area contributed by atoms with E-state index in [4.69, 9.17) is 20.9 Å². The van der Waals surface area contributed by atoms with Crippen LogP contribution in [0.25, 0.3) is 22.0 Å². The lowest BCUT2D eigenvalue weighted by molar-refractivity contribution is -0.0435. The van der Waals surface area contributed by atoms with Crippen LogP contribution in [-0.2, 0) is 30.2 Å². The normalized spacial score (nSPS) is 16.7. The van der Waals surface area contributed by atoms with Gasteiger partial charge in [-0.2, -0.15) is 13.2 Å². The molecule has 19 heteroatoms. The Morgan fingerprint density at radius 2 is 1.60 bits per heavy atom. The van der Waals surface area contributed by atoms with Crippen molar-refractivity contribution in [1.82, 2.24) is 19.8 Å². The van der Waals surface area contributed by atoms with Crippen molar-refractivity contribution in [2.45, 2.75) is 41.2 Å². The number of nitrogens with zero attached hydrogens (tertiary/aromatic N) is 5. The van der Waals surface area contributed by atoms with E-state index >= 15 is 0 Å². The van der Waals surface area contributed by atoms with E-state index in [2.05, 4.69) is 53.3 Å². The van der Waals surface area contributed by atoms with E-state index in [0.717, 1.165) is 54.9 Å². The molecule has 0 aliphatic carbocycles. The number of ether oxygens (including phenoxy) is 1. The summed E-state index contributed by atoms with van der Waals surface area (Å²) >= 11 is 7.66. The molecule has 0 radical (unpaired) electrons. The average molecular weight is 995 g/mol. The van der Waals surface area contributed by atoms with Gasteiger partial charge in [0.2, 0.25) is 0 Å². The first kappa shape index (κ1) is 48.7. The Morgan fingerprint density at radius 1 is 0.866 bits per heavy atom. The topological polar surface area (TPSA) is 129 Å². The van der Waals surface area contributed by atoms with Gasteiger partial charge in [-0.15, -0.1) is 11.8 Å². The van der Waals surface area contributed by atoms with Gasteiger partial charge in [0.1, 0.15) is 17.0 Å². The van der Waals surface area contributed by atoms with Crippen molar-refractivity contribution in [2.24, 2.45) is 0 Å². The van der Waals surface area contributed by atoms with Crippen LogP contribution in [0.2, 0.25) is 5.02 Å². The lowest BCUT2D eigenvalue weighted by Gasteiger charge is -2.36. The molecule has 2 saturated heterocycles. The fourth-order valence-corrected chi connectivity index (χ4v) is 12.1. The molecule has 2 aliphatic rings. The fraction of sp³-hybridized carbons (Fsp3) is 0.333. The molecule has 2 aliphatic heterocycles. The highest BCUT2D eigenvalue weighted by molar-refractivity contribution is 7.99. The number of nitrogens with one attached hydrogen (secondary N) is 2. The van der Waals surface area contributed by atoms with Crippen LogP contribution < -0.4 is 20.6 Å². The molecule has 0 bridgehead atoms. The first-order valence-electron chi connectivity index (χ1n) is 22.1. The van der Waals surface area contributed by atoms with Gasteiger partial charge in [0, 0.05) is 85.1 Å². The number of thioether (sulfide) groups is 1. The molecule has 6 aromatic rings. The number of hydrogen-bond donors (Lipinski definition) is 2. The maximum absolute atomic E-state index is 14.9. The smallest absolute Gasteiger partial charge is 0.380 e. The quantitative estimate of drug-likeness (QED) is 0.0627. The van der Waals surface area contributed by atoms with E-state index in [1.807, 2.05) is 72.8 Å². The lowest BCUT2D eigenvalue weighted by Crippen LogP contribution is -2.46. The van der Waals surface area contributed by atoms with Crippen LogP contribution in [0.5, 0.6) is 0 Å². The summed E-state index contributed by atoms with van der Waals surface area (Å²) in [6.07, 6.45) is 1.81. The molecular formula is C48H52ClF3N7O5PS2. The second kappa shape index (κ2) is 21.7. The molecule has 0 amide bonds. The van der Waals surface area contributed by atoms with Crippen molar-refractivity contribution in [1.29, 1.82) is 0 Å². The summed E-state index contributed by atoms with van der Waals surface area (Å²) in [5.74, 6) is 0.543. The molecule has 0 spiro atoms. The summed E-state index contributed by atoms with van der Waals surface area (Å²) in [7, 11) is -10.3. The standard InChI is InChI=1S/C48H52ClF3N7O5PS2/c1-2-64-65(60,40-17-19-44(46(31-40)67(61,62)48(50,51)52)55-38(20-21-57-26-28-63-29-27-57)33-66-41-9-4-3-5-10-41)56-47-43-18-16-39(30-45(43)53-34-54-47)59-24-22-58(23-25-59)32-36-8-6-7-11-42(36)35-12-14-37(49)15-13-35/h3-19,30-31,34,38,55H,2,20-29,32-33H2,1H3,(H,53,54,56,60). The Labute approximate surface area is 398 Å². The number of aromatic nitrogens is 2. The number of benzene rings is 5. The molecule has 8 rings (SSSR count). The van der Waals surface area contributed by atoms with E-state index in [0.29, 0.717) is 60.9 Å². The average Bonchev–Trinajstić information content (AvgIpc) is 3.33. The highest BCUT2D eigenvalue weighted by Gasteiger charge is 2.49. The van der Waals surface area contributed by atoms with Crippen LogP contribution in [0.1, 0.15) is 18.9 Å². The van der Waals surface area contributed by atoms with Crippen LogP contribution in [0.4, 0.5) is 30.4 Å². The van der Waals surface area contributed by atoms with E-state index in [-0.39, 0.29) is 23.4 Å². The monoisotopic (exact) mass is 993 g/mol. The predicted octanol–water partition coefficient (Wildman–Crippen LogP) is 9.83. The number of rotatable bonds is 18. The maximum atomic E-state index is 14.9. The van der Waals surface area contributed by atoms with Crippen LogP contribution in [0, 0.1) is 0 Å². The second-order valence-electron chi connectivity index (χ2n) is 16.3. The van der Waals surface area contributed by atoms with Crippen LogP contribution in [0.3, 0.4) is 0 Å². The number of morpholine rings is 1. The third-order valence-electron chi connectivity index (χ3n) is 11.8. The number of hydrogen-bond acceptors (Lipinski definition) is 12. The fourth-order valence-electron chi connectivity index (χ4n) is 8.25. The molecule has 3 heterocycles. The Kier molecular flexibility index (Phi) is 15.8. The van der Waals surface area contributed by atoms with Gasteiger partial charge in [0.05, 0.1) is 36.3 Å². The van der Waals surface area contributed by atoms with Gasteiger partial charge in [-0.3, -0.25) is 19.5 Å². The Balaban J connectivity index is 1.01. The van der Waals surface area contributed by atoms with Crippen LogP contribution in [0.15, 0.2) is 131 Å². The molecule has 2 fully saturated rings. The molecule has 1 aromatic heterocycles. The summed E-state index contributed by atoms with van der Waals surface area (Å²) in [4.78, 5) is 15.7. The zero-order valence-electron chi connectivity index (χ0n) is 36.9. The molecule has 2 atom stereocenters. The van der Waals surface area contributed by atoms with Gasteiger partial charge in [-0.25, -0.2) is 18.4 Å². The van der Waals surface area contributed by atoms with Crippen molar-refractivity contribution in [2.75, 3.05) is 86.7 Å². The van der Waals surface area contributed by atoms with Gasteiger partial charge < -0.3 is 19.5 Å². The minimum atomic E-state index is -5.95. The lowest BCUT2D eigenvalue weighted by atomic mass is 9.99. The third kappa shape index (κ3) is 11.9. The number of fused-ring (bicyclic) bond motifs is 1. The Morgan fingerprint density at radius 3 is 2.33 bits per heavy atom. The van der Waals surface area contributed by atoms with E-state index in [1.54, 1.807) is 13.0 Å².